The molecule has 0 aromatic heterocycles. The molecule has 1 aliphatic rings. The molecule has 2 aromatic rings. The summed E-state index contributed by atoms with van der Waals surface area (Å²) in [6.45, 7) is 2.18. The molecule has 1 aliphatic heterocycles. The number of aliphatic hydroxyl groups is 1. The van der Waals surface area contributed by atoms with Crippen molar-refractivity contribution in [3.63, 3.8) is 0 Å². The van der Waals surface area contributed by atoms with Gasteiger partial charge in [-0.05, 0) is 47.8 Å². The fraction of sp³-hybridized carbons (Fsp3) is 0.444. The van der Waals surface area contributed by atoms with Crippen LogP contribution in [0.1, 0.15) is 42.6 Å². The van der Waals surface area contributed by atoms with Crippen molar-refractivity contribution in [3.05, 3.63) is 70.1 Å². The van der Waals surface area contributed by atoms with Crippen LogP contribution in [0.2, 0.25) is 0 Å². The van der Waals surface area contributed by atoms with Crippen LogP contribution in [0.25, 0.3) is 10.4 Å². The standard InChI is InChI=1S/C27H31N3O10/c1-4-7-22(33)39-24-23(36-16(2)32)21(15-31)38-27(37-19-12-10-18(35-3)11-13-19)25(24)40-26(34)20-9-6-5-8-17(20)14-29-30-28/h5-6,8-13,21,23-25,27,31H,4,7,14-15H2,1-3H3/t21-,23-,24+,25-,27-/m1/s1. The molecule has 0 amide bonds. The van der Waals surface area contributed by atoms with Crippen molar-refractivity contribution in [2.75, 3.05) is 13.7 Å². The Kier molecular flexibility index (Phi) is 11.1. The lowest BCUT2D eigenvalue weighted by Gasteiger charge is -2.44. The number of esters is 3. The van der Waals surface area contributed by atoms with E-state index < -0.39 is 55.2 Å². The summed E-state index contributed by atoms with van der Waals surface area (Å²) >= 11 is 0. The topological polar surface area (TPSA) is 176 Å². The Morgan fingerprint density at radius 1 is 1.00 bits per heavy atom. The van der Waals surface area contributed by atoms with E-state index >= 15 is 0 Å². The van der Waals surface area contributed by atoms with Gasteiger partial charge in [0.25, 0.3) is 0 Å². The van der Waals surface area contributed by atoms with E-state index in [2.05, 4.69) is 10.0 Å². The van der Waals surface area contributed by atoms with E-state index in [1.807, 2.05) is 0 Å². The normalized spacial score (nSPS) is 21.9. The van der Waals surface area contributed by atoms with Crippen molar-refractivity contribution in [2.24, 2.45) is 5.11 Å². The Morgan fingerprint density at radius 3 is 2.33 bits per heavy atom. The molecule has 5 atom stereocenters. The monoisotopic (exact) mass is 557 g/mol. The Balaban J connectivity index is 2.04. The second kappa shape index (κ2) is 14.7. The number of nitrogens with zero attached hydrogens (tertiary/aromatic N) is 3. The van der Waals surface area contributed by atoms with Crippen LogP contribution < -0.4 is 9.47 Å². The molecule has 1 saturated heterocycles. The van der Waals surface area contributed by atoms with E-state index in [-0.39, 0.29) is 24.3 Å². The van der Waals surface area contributed by atoms with Crippen LogP contribution in [0.15, 0.2) is 53.6 Å². The van der Waals surface area contributed by atoms with E-state index in [0.717, 1.165) is 6.92 Å². The Hall–Kier alpha value is -4.32. The van der Waals surface area contributed by atoms with Gasteiger partial charge in [-0.25, -0.2) is 4.79 Å². The molecule has 1 heterocycles. The lowest BCUT2D eigenvalue weighted by molar-refractivity contribution is -0.284. The minimum Gasteiger partial charge on any atom is -0.497 e. The third kappa shape index (κ3) is 7.85. The lowest BCUT2D eigenvalue weighted by Crippen LogP contribution is -2.63. The van der Waals surface area contributed by atoms with Crippen LogP contribution in [-0.2, 0) is 35.1 Å². The van der Waals surface area contributed by atoms with Gasteiger partial charge < -0.3 is 33.5 Å². The van der Waals surface area contributed by atoms with Crippen molar-refractivity contribution in [1.29, 1.82) is 0 Å². The summed E-state index contributed by atoms with van der Waals surface area (Å²) in [6.07, 6.45) is -6.25. The van der Waals surface area contributed by atoms with Gasteiger partial charge in [-0.15, -0.1) is 0 Å². The number of rotatable bonds is 12. The quantitative estimate of drug-likeness (QED) is 0.134. The number of aliphatic hydroxyl groups excluding tert-OH is 1. The van der Waals surface area contributed by atoms with Gasteiger partial charge >= 0.3 is 17.9 Å². The maximum absolute atomic E-state index is 13.4. The van der Waals surface area contributed by atoms with Crippen molar-refractivity contribution in [1.82, 2.24) is 0 Å². The molecule has 1 N–H and O–H groups in total. The number of azide groups is 1. The zero-order valence-electron chi connectivity index (χ0n) is 22.3. The number of methoxy groups -OCH3 is 1. The average Bonchev–Trinajstić information content (AvgIpc) is 2.95. The molecule has 40 heavy (non-hydrogen) atoms. The Morgan fingerprint density at radius 2 is 1.70 bits per heavy atom. The van der Waals surface area contributed by atoms with Gasteiger partial charge in [0.2, 0.25) is 12.4 Å². The van der Waals surface area contributed by atoms with Gasteiger partial charge in [-0.3, -0.25) is 9.59 Å². The van der Waals surface area contributed by atoms with Gasteiger partial charge in [-0.1, -0.05) is 30.2 Å². The predicted octanol–water partition coefficient (Wildman–Crippen LogP) is 3.47. The first-order valence-electron chi connectivity index (χ1n) is 12.5. The fourth-order valence-electron chi connectivity index (χ4n) is 4.07. The van der Waals surface area contributed by atoms with Crippen LogP contribution in [0.5, 0.6) is 11.5 Å². The van der Waals surface area contributed by atoms with Gasteiger partial charge in [0, 0.05) is 18.3 Å². The molecule has 13 nitrogen and oxygen atoms in total. The molecule has 0 aliphatic carbocycles. The van der Waals surface area contributed by atoms with Crippen LogP contribution in [-0.4, -0.2) is 67.4 Å². The SMILES string of the molecule is CCCC(=O)O[C@@H]1[C@@H](OC(=O)c2ccccc2CN=[N+]=[N-])[C@H](Oc2ccc(OC)cc2)O[C@H](CO)[C@H]1OC(C)=O. The summed E-state index contributed by atoms with van der Waals surface area (Å²) in [4.78, 5) is 40.8. The molecule has 2 aromatic carbocycles. The van der Waals surface area contributed by atoms with E-state index in [4.69, 9.17) is 34.0 Å². The third-order valence-corrected chi connectivity index (χ3v) is 5.89. The van der Waals surface area contributed by atoms with E-state index in [9.17, 15) is 19.5 Å². The largest absolute Gasteiger partial charge is 0.497 e. The first kappa shape index (κ1) is 30.2. The molecule has 13 heteroatoms. The number of carbonyl (C=O) groups is 3. The molecular formula is C27H31N3O10. The maximum Gasteiger partial charge on any atom is 0.339 e. The first-order chi connectivity index (χ1) is 19.3. The highest BCUT2D eigenvalue weighted by Gasteiger charge is 2.53. The molecule has 1 fully saturated rings. The molecule has 0 spiro atoms. The smallest absolute Gasteiger partial charge is 0.339 e. The maximum atomic E-state index is 13.4. The highest BCUT2D eigenvalue weighted by molar-refractivity contribution is 5.91. The van der Waals surface area contributed by atoms with Crippen LogP contribution in [0.3, 0.4) is 0 Å². The molecule has 0 unspecified atom stereocenters. The van der Waals surface area contributed by atoms with Crippen molar-refractivity contribution < 1.29 is 47.9 Å². The summed E-state index contributed by atoms with van der Waals surface area (Å²) in [7, 11) is 1.51. The lowest BCUT2D eigenvalue weighted by atomic mass is 9.97. The van der Waals surface area contributed by atoms with Gasteiger partial charge in [0.1, 0.15) is 17.6 Å². The van der Waals surface area contributed by atoms with E-state index in [1.54, 1.807) is 49.4 Å². The summed E-state index contributed by atoms with van der Waals surface area (Å²) in [5, 5.41) is 13.6. The molecular weight excluding hydrogens is 526 g/mol. The highest BCUT2D eigenvalue weighted by atomic mass is 16.7. The predicted molar refractivity (Wildman–Crippen MR) is 138 cm³/mol. The second-order valence-electron chi connectivity index (χ2n) is 8.71. The number of carbonyl (C=O) groups excluding carboxylic acids is 3. The molecule has 0 bridgehead atoms. The van der Waals surface area contributed by atoms with Gasteiger partial charge in [-0.2, -0.15) is 0 Å². The summed E-state index contributed by atoms with van der Waals surface area (Å²) < 4.78 is 34.0. The third-order valence-electron chi connectivity index (χ3n) is 5.89. The zero-order valence-corrected chi connectivity index (χ0v) is 22.3. The van der Waals surface area contributed by atoms with Crippen LogP contribution in [0.4, 0.5) is 0 Å². The minimum absolute atomic E-state index is 0.0353. The van der Waals surface area contributed by atoms with Crippen molar-refractivity contribution >= 4 is 17.9 Å². The minimum atomic E-state index is -1.45. The number of benzene rings is 2. The van der Waals surface area contributed by atoms with Crippen molar-refractivity contribution in [2.45, 2.75) is 63.9 Å². The Bertz CT molecular complexity index is 1220. The highest BCUT2D eigenvalue weighted by Crippen LogP contribution is 2.32. The van der Waals surface area contributed by atoms with Crippen LogP contribution in [0, 0.1) is 0 Å². The summed E-state index contributed by atoms with van der Waals surface area (Å²) in [6, 6.07) is 12.8. The molecule has 214 valence electrons. The Labute approximate surface area is 230 Å². The van der Waals surface area contributed by atoms with Crippen LogP contribution >= 0.6 is 0 Å². The summed E-state index contributed by atoms with van der Waals surface area (Å²) in [5.74, 6) is -1.39. The van der Waals surface area contributed by atoms with Gasteiger partial charge in [0.05, 0.1) is 25.8 Å². The summed E-state index contributed by atoms with van der Waals surface area (Å²) in [5.41, 5.74) is 9.20. The molecule has 0 saturated carbocycles. The first-order valence-corrected chi connectivity index (χ1v) is 12.5. The number of ether oxygens (including phenoxy) is 6. The number of hydrogen-bond donors (Lipinski definition) is 1. The fourth-order valence-corrected chi connectivity index (χ4v) is 4.07. The van der Waals surface area contributed by atoms with E-state index in [1.165, 1.54) is 13.2 Å². The molecule has 0 radical (unpaired) electrons. The number of hydrogen-bond acceptors (Lipinski definition) is 11. The van der Waals surface area contributed by atoms with E-state index in [0.29, 0.717) is 17.7 Å². The van der Waals surface area contributed by atoms with Gasteiger partial charge in [0.15, 0.2) is 12.2 Å². The molecule has 3 rings (SSSR count). The van der Waals surface area contributed by atoms with Crippen molar-refractivity contribution in [3.8, 4) is 11.5 Å². The second-order valence-corrected chi connectivity index (χ2v) is 8.71. The zero-order chi connectivity index (χ0) is 29.1. The average molecular weight is 558 g/mol.